The SMILES string of the molecule is CC(=O)N(C)C[NH-].[K+]. The number of carbonyl (C=O) groups is 1. The Hall–Kier alpha value is 1.07. The minimum absolute atomic E-state index is 0. The summed E-state index contributed by atoms with van der Waals surface area (Å²) in [4.78, 5) is 11.5. The van der Waals surface area contributed by atoms with Gasteiger partial charge in [0.25, 0.3) is 0 Å². The van der Waals surface area contributed by atoms with Gasteiger partial charge in [-0.1, -0.05) is 6.67 Å². The van der Waals surface area contributed by atoms with Crippen LogP contribution in [0.1, 0.15) is 6.92 Å². The van der Waals surface area contributed by atoms with Crippen LogP contribution in [-0.2, 0) is 4.79 Å². The van der Waals surface area contributed by atoms with E-state index in [-0.39, 0.29) is 64.0 Å². The van der Waals surface area contributed by atoms with Crippen molar-refractivity contribution < 1.29 is 56.2 Å². The molecule has 0 aromatic heterocycles. The number of amides is 1. The topological polar surface area (TPSA) is 44.1 Å². The van der Waals surface area contributed by atoms with Crippen LogP contribution in [0.3, 0.4) is 0 Å². The first-order valence-electron chi connectivity index (χ1n) is 2.04. The van der Waals surface area contributed by atoms with Crippen LogP contribution < -0.4 is 51.4 Å². The first-order valence-corrected chi connectivity index (χ1v) is 2.04. The molecule has 0 rings (SSSR count). The van der Waals surface area contributed by atoms with Crippen molar-refractivity contribution in [3.05, 3.63) is 5.73 Å². The second-order valence-electron chi connectivity index (χ2n) is 1.38. The van der Waals surface area contributed by atoms with Gasteiger partial charge in [0.15, 0.2) is 0 Å². The summed E-state index contributed by atoms with van der Waals surface area (Å²) in [6.45, 7) is 1.49. The third-order valence-corrected chi connectivity index (χ3v) is 0.775. The monoisotopic (exact) mass is 140 g/mol. The van der Waals surface area contributed by atoms with Crippen molar-refractivity contribution >= 4 is 5.91 Å². The summed E-state index contributed by atoms with van der Waals surface area (Å²) in [5.41, 5.74) is 6.64. The van der Waals surface area contributed by atoms with Crippen molar-refractivity contribution in [2.24, 2.45) is 0 Å². The average Bonchev–Trinajstić information content (AvgIpc) is 1.65. The van der Waals surface area contributed by atoms with E-state index in [2.05, 4.69) is 0 Å². The Bertz CT molecular complexity index is 76.4. The number of hydrogen-bond donors (Lipinski definition) is 0. The van der Waals surface area contributed by atoms with Crippen LogP contribution in [0.2, 0.25) is 0 Å². The summed E-state index contributed by atoms with van der Waals surface area (Å²) in [5.74, 6) is -0.0602. The van der Waals surface area contributed by atoms with Crippen molar-refractivity contribution in [1.29, 1.82) is 0 Å². The average molecular weight is 140 g/mol. The number of rotatable bonds is 1. The van der Waals surface area contributed by atoms with Crippen LogP contribution in [0.4, 0.5) is 0 Å². The van der Waals surface area contributed by atoms with Gasteiger partial charge in [0.05, 0.1) is 0 Å². The summed E-state index contributed by atoms with van der Waals surface area (Å²) in [5, 5.41) is 0. The van der Waals surface area contributed by atoms with Gasteiger partial charge in [0.2, 0.25) is 5.91 Å². The molecule has 42 valence electrons. The molecule has 0 fully saturated rings. The van der Waals surface area contributed by atoms with Gasteiger partial charge in [-0.15, -0.1) is 0 Å². The molecule has 0 unspecified atom stereocenters. The Morgan fingerprint density at radius 1 is 1.75 bits per heavy atom. The Kier molecular flexibility index (Phi) is 9.14. The maximum Gasteiger partial charge on any atom is 1.00 e. The van der Waals surface area contributed by atoms with Crippen molar-refractivity contribution in [3.8, 4) is 0 Å². The molecule has 0 aromatic rings. The van der Waals surface area contributed by atoms with E-state index in [1.165, 1.54) is 11.8 Å². The molecule has 0 aromatic carbocycles. The summed E-state index contributed by atoms with van der Waals surface area (Å²) in [7, 11) is 1.59. The summed E-state index contributed by atoms with van der Waals surface area (Å²) in [6.07, 6.45) is 0. The predicted octanol–water partition coefficient (Wildman–Crippen LogP) is -2.52. The molecule has 0 saturated carbocycles. The minimum Gasteiger partial charge on any atom is -0.660 e. The van der Waals surface area contributed by atoms with E-state index in [1.54, 1.807) is 7.05 Å². The molecule has 0 aliphatic heterocycles. The van der Waals surface area contributed by atoms with Crippen LogP contribution in [0, 0.1) is 0 Å². The normalized spacial score (nSPS) is 7.38. The van der Waals surface area contributed by atoms with Crippen molar-refractivity contribution in [3.63, 3.8) is 0 Å². The maximum absolute atomic E-state index is 10.2. The van der Waals surface area contributed by atoms with Crippen molar-refractivity contribution in [2.45, 2.75) is 6.92 Å². The fourth-order valence-corrected chi connectivity index (χ4v) is 0.111. The Morgan fingerprint density at radius 3 is 2.12 bits per heavy atom. The van der Waals surface area contributed by atoms with Gasteiger partial charge in [0, 0.05) is 14.0 Å². The standard InChI is InChI=1S/C4H9N2O.K/c1-4(7)6(2)3-5;/h5H,3H2,1-2H3;/q-1;+1. The second kappa shape index (κ2) is 6.19. The zero-order chi connectivity index (χ0) is 5.86. The smallest absolute Gasteiger partial charge is 0.660 e. The number of nitrogens with one attached hydrogen (secondary N) is 1. The van der Waals surface area contributed by atoms with Gasteiger partial charge in [-0.2, -0.15) is 0 Å². The molecule has 0 bridgehead atoms. The van der Waals surface area contributed by atoms with Gasteiger partial charge in [-0.25, -0.2) is 0 Å². The van der Waals surface area contributed by atoms with Gasteiger partial charge in [-0.05, 0) is 0 Å². The number of nitrogens with zero attached hydrogens (tertiary/aromatic N) is 1. The van der Waals surface area contributed by atoms with E-state index in [0.717, 1.165) is 0 Å². The van der Waals surface area contributed by atoms with Crippen LogP contribution in [0.25, 0.3) is 5.73 Å². The molecular formula is C4H9KN2O. The Morgan fingerprint density at radius 2 is 2.12 bits per heavy atom. The Labute approximate surface area is 92.0 Å². The zero-order valence-corrected chi connectivity index (χ0v) is 8.69. The first-order chi connectivity index (χ1) is 3.18. The summed E-state index contributed by atoms with van der Waals surface area (Å²) < 4.78 is 0. The first kappa shape index (κ1) is 11.8. The van der Waals surface area contributed by atoms with Crippen LogP contribution in [0.5, 0.6) is 0 Å². The quantitative estimate of drug-likeness (QED) is 0.371. The number of hydrogen-bond acceptors (Lipinski definition) is 1. The molecule has 0 aliphatic rings. The molecule has 0 saturated heterocycles. The third kappa shape index (κ3) is 5.21. The molecule has 8 heavy (non-hydrogen) atoms. The molecule has 0 spiro atoms. The van der Waals surface area contributed by atoms with Crippen LogP contribution in [0.15, 0.2) is 0 Å². The van der Waals surface area contributed by atoms with Crippen LogP contribution in [-0.4, -0.2) is 24.5 Å². The molecule has 0 radical (unpaired) electrons. The fourth-order valence-electron chi connectivity index (χ4n) is 0.111. The minimum atomic E-state index is -0.0602. The number of carbonyl (C=O) groups excluding carboxylic acids is 1. The zero-order valence-electron chi connectivity index (χ0n) is 5.56. The van der Waals surface area contributed by atoms with Crippen LogP contribution >= 0.6 is 0 Å². The summed E-state index contributed by atoms with van der Waals surface area (Å²) in [6, 6.07) is 0. The molecule has 0 aliphatic carbocycles. The second-order valence-corrected chi connectivity index (χ2v) is 1.38. The third-order valence-electron chi connectivity index (χ3n) is 0.775. The van der Waals surface area contributed by atoms with Gasteiger partial charge < -0.3 is 10.6 Å². The molecule has 0 heterocycles. The molecule has 1 amide bonds. The van der Waals surface area contributed by atoms with E-state index < -0.39 is 0 Å². The molecule has 1 N–H and O–H groups in total. The van der Waals surface area contributed by atoms with E-state index >= 15 is 0 Å². The molecule has 3 nitrogen and oxygen atoms in total. The van der Waals surface area contributed by atoms with E-state index in [9.17, 15) is 4.79 Å². The van der Waals surface area contributed by atoms with Crippen molar-refractivity contribution in [1.82, 2.24) is 4.90 Å². The maximum atomic E-state index is 10.2. The molecule has 4 heteroatoms. The van der Waals surface area contributed by atoms with Gasteiger partial charge >= 0.3 is 51.4 Å². The Balaban J connectivity index is 0. The van der Waals surface area contributed by atoms with E-state index in [4.69, 9.17) is 5.73 Å². The van der Waals surface area contributed by atoms with Crippen molar-refractivity contribution in [2.75, 3.05) is 13.7 Å². The fraction of sp³-hybridized carbons (Fsp3) is 0.750. The van der Waals surface area contributed by atoms with Gasteiger partial charge in [0.1, 0.15) is 0 Å². The molecular weight excluding hydrogens is 131 g/mol. The van der Waals surface area contributed by atoms with Gasteiger partial charge in [-0.3, -0.25) is 4.79 Å². The molecule has 0 atom stereocenters. The van der Waals surface area contributed by atoms with E-state index in [1.807, 2.05) is 0 Å². The largest absolute Gasteiger partial charge is 1.00 e. The predicted molar refractivity (Wildman–Crippen MR) is 27.6 cm³/mol. The summed E-state index contributed by atoms with van der Waals surface area (Å²) >= 11 is 0. The van der Waals surface area contributed by atoms with E-state index in [0.29, 0.717) is 0 Å².